The van der Waals surface area contributed by atoms with E-state index in [4.69, 9.17) is 28.6 Å². The van der Waals surface area contributed by atoms with Crippen molar-refractivity contribution in [3.05, 3.63) is 84.1 Å². The summed E-state index contributed by atoms with van der Waals surface area (Å²) in [6, 6.07) is 20.4. The Labute approximate surface area is 183 Å². The maximum absolute atomic E-state index is 12.0. The molecule has 2 N–H and O–H groups in total. The smallest absolute Gasteiger partial charge is 0.264 e. The molecule has 2 aromatic heterocycles. The molecule has 0 aliphatic rings. The Bertz CT molecular complexity index is 1170. The van der Waals surface area contributed by atoms with Crippen molar-refractivity contribution in [1.29, 1.82) is 0 Å². The van der Waals surface area contributed by atoms with Crippen molar-refractivity contribution in [2.24, 2.45) is 0 Å². The maximum Gasteiger partial charge on any atom is 0.264 e. The van der Waals surface area contributed by atoms with Crippen LogP contribution in [0.25, 0.3) is 16.9 Å². The topological polar surface area (TPSA) is 67.7 Å². The Morgan fingerprint density at radius 3 is 2.60 bits per heavy atom. The highest BCUT2D eigenvalue weighted by atomic mass is 35.5. The lowest BCUT2D eigenvalue weighted by atomic mass is 10.1. The van der Waals surface area contributed by atoms with Crippen LogP contribution in [0.4, 0.5) is 5.69 Å². The largest absolute Gasteiger partial charge is 0.482 e. The molecule has 0 bridgehead atoms. The fourth-order valence-electron chi connectivity index (χ4n) is 2.83. The minimum Gasteiger partial charge on any atom is -0.482 e. The number of rotatable bonds is 5. The van der Waals surface area contributed by atoms with Crippen molar-refractivity contribution in [1.82, 2.24) is 14.7 Å². The van der Waals surface area contributed by atoms with E-state index in [1.165, 1.54) is 0 Å². The van der Waals surface area contributed by atoms with Crippen LogP contribution in [-0.4, -0.2) is 27.0 Å². The average molecular weight is 437 g/mol. The Kier molecular flexibility index (Phi) is 5.92. The third-order valence-electron chi connectivity index (χ3n) is 4.25. The SMILES string of the molecule is O=C(COc1ccccc1Cl)NC(=S)Nc1ccc(-c2cn3ccccc3n2)cc1. The number of hydrogen-bond donors (Lipinski definition) is 2. The quantitative estimate of drug-likeness (QED) is 0.449. The van der Waals surface area contributed by atoms with Crippen molar-refractivity contribution in [2.45, 2.75) is 0 Å². The zero-order valence-corrected chi connectivity index (χ0v) is 17.3. The van der Waals surface area contributed by atoms with Crippen LogP contribution < -0.4 is 15.4 Å². The van der Waals surface area contributed by atoms with E-state index < -0.39 is 0 Å². The Morgan fingerprint density at radius 2 is 1.83 bits per heavy atom. The molecule has 0 fully saturated rings. The van der Waals surface area contributed by atoms with Gasteiger partial charge in [0.2, 0.25) is 0 Å². The molecular formula is C22H17ClN4O2S. The lowest BCUT2D eigenvalue weighted by Crippen LogP contribution is -2.37. The number of thiocarbonyl (C=S) groups is 1. The number of para-hydroxylation sites is 1. The number of ether oxygens (including phenoxy) is 1. The highest BCUT2D eigenvalue weighted by molar-refractivity contribution is 7.80. The average Bonchev–Trinajstić information content (AvgIpc) is 3.18. The lowest BCUT2D eigenvalue weighted by molar-refractivity contribution is -0.121. The summed E-state index contributed by atoms with van der Waals surface area (Å²) >= 11 is 11.2. The third kappa shape index (κ3) is 4.76. The van der Waals surface area contributed by atoms with Gasteiger partial charge in [-0.25, -0.2) is 4.98 Å². The van der Waals surface area contributed by atoms with Gasteiger partial charge in [-0.05, 0) is 48.6 Å². The molecule has 6 nitrogen and oxygen atoms in total. The molecule has 1 amide bonds. The molecule has 8 heteroatoms. The first-order valence-electron chi connectivity index (χ1n) is 9.11. The van der Waals surface area contributed by atoms with Gasteiger partial charge in [-0.2, -0.15) is 0 Å². The molecule has 0 aliphatic heterocycles. The molecule has 0 saturated carbocycles. The van der Waals surface area contributed by atoms with E-state index in [9.17, 15) is 4.79 Å². The van der Waals surface area contributed by atoms with Crippen LogP contribution in [0.3, 0.4) is 0 Å². The zero-order chi connectivity index (χ0) is 20.9. The van der Waals surface area contributed by atoms with Gasteiger partial charge in [-0.1, -0.05) is 41.9 Å². The van der Waals surface area contributed by atoms with Crippen LogP contribution in [0.2, 0.25) is 5.02 Å². The van der Waals surface area contributed by atoms with Crippen molar-refractivity contribution >= 4 is 46.2 Å². The summed E-state index contributed by atoms with van der Waals surface area (Å²) in [7, 11) is 0. The van der Waals surface area contributed by atoms with E-state index >= 15 is 0 Å². The number of carbonyl (C=O) groups excluding carboxylic acids is 1. The van der Waals surface area contributed by atoms with Crippen LogP contribution in [0.5, 0.6) is 5.75 Å². The minimum atomic E-state index is -0.381. The molecule has 0 radical (unpaired) electrons. The highest BCUT2D eigenvalue weighted by Crippen LogP contribution is 2.23. The van der Waals surface area contributed by atoms with Gasteiger partial charge >= 0.3 is 0 Å². The summed E-state index contributed by atoms with van der Waals surface area (Å²) in [5.41, 5.74) is 3.49. The van der Waals surface area contributed by atoms with Gasteiger partial charge < -0.3 is 14.5 Å². The molecule has 2 aromatic carbocycles. The molecule has 4 rings (SSSR count). The molecule has 4 aromatic rings. The number of aromatic nitrogens is 2. The van der Waals surface area contributed by atoms with E-state index in [1.54, 1.807) is 24.3 Å². The van der Waals surface area contributed by atoms with E-state index in [1.807, 2.05) is 59.3 Å². The second-order valence-electron chi connectivity index (χ2n) is 6.39. The normalized spacial score (nSPS) is 10.6. The van der Waals surface area contributed by atoms with Crippen LogP contribution in [-0.2, 0) is 4.79 Å². The Morgan fingerprint density at radius 1 is 1.07 bits per heavy atom. The van der Waals surface area contributed by atoms with E-state index in [0.717, 1.165) is 22.6 Å². The van der Waals surface area contributed by atoms with E-state index in [-0.39, 0.29) is 17.6 Å². The fourth-order valence-corrected chi connectivity index (χ4v) is 3.25. The van der Waals surface area contributed by atoms with Gasteiger partial charge in [0.15, 0.2) is 11.7 Å². The summed E-state index contributed by atoms with van der Waals surface area (Å²) in [6.07, 6.45) is 3.93. The van der Waals surface area contributed by atoms with Crippen molar-refractivity contribution in [3.8, 4) is 17.0 Å². The second-order valence-corrected chi connectivity index (χ2v) is 7.21. The number of amides is 1. The predicted molar refractivity (Wildman–Crippen MR) is 122 cm³/mol. The molecular weight excluding hydrogens is 420 g/mol. The van der Waals surface area contributed by atoms with Gasteiger partial charge in [0.25, 0.3) is 5.91 Å². The van der Waals surface area contributed by atoms with Gasteiger partial charge in [-0.3, -0.25) is 10.1 Å². The van der Waals surface area contributed by atoms with Gasteiger partial charge in [0.05, 0.1) is 10.7 Å². The van der Waals surface area contributed by atoms with E-state index in [0.29, 0.717) is 10.8 Å². The number of carbonyl (C=O) groups is 1. The van der Waals surface area contributed by atoms with Gasteiger partial charge in [-0.15, -0.1) is 0 Å². The summed E-state index contributed by atoms with van der Waals surface area (Å²) in [4.78, 5) is 16.6. The molecule has 150 valence electrons. The summed E-state index contributed by atoms with van der Waals surface area (Å²) in [5, 5.41) is 6.18. The maximum atomic E-state index is 12.0. The monoisotopic (exact) mass is 436 g/mol. The van der Waals surface area contributed by atoms with Crippen LogP contribution >= 0.6 is 23.8 Å². The second kappa shape index (κ2) is 8.94. The standard InChI is InChI=1S/C22H17ClN4O2S/c23-17-5-1-2-6-19(17)29-14-21(28)26-22(30)24-16-10-8-15(9-11-16)18-13-27-12-4-3-7-20(27)25-18/h1-13H,14H2,(H2,24,26,28,30). The first kappa shape index (κ1) is 19.9. The first-order chi connectivity index (χ1) is 14.6. The van der Waals surface area contributed by atoms with Gasteiger partial charge in [0.1, 0.15) is 11.4 Å². The summed E-state index contributed by atoms with van der Waals surface area (Å²) in [5.74, 6) is 0.0597. The number of imidazole rings is 1. The van der Waals surface area contributed by atoms with E-state index in [2.05, 4.69) is 15.6 Å². The zero-order valence-electron chi connectivity index (χ0n) is 15.7. The highest BCUT2D eigenvalue weighted by Gasteiger charge is 2.09. The van der Waals surface area contributed by atoms with Crippen LogP contribution in [0.1, 0.15) is 0 Å². The number of nitrogens with one attached hydrogen (secondary N) is 2. The number of halogens is 1. The van der Waals surface area contributed by atoms with Crippen LogP contribution in [0, 0.1) is 0 Å². The molecule has 0 atom stereocenters. The molecule has 0 spiro atoms. The number of hydrogen-bond acceptors (Lipinski definition) is 4. The third-order valence-corrected chi connectivity index (χ3v) is 4.77. The molecule has 2 heterocycles. The predicted octanol–water partition coefficient (Wildman–Crippen LogP) is 4.55. The summed E-state index contributed by atoms with van der Waals surface area (Å²) in [6.45, 7) is -0.196. The van der Waals surface area contributed by atoms with Gasteiger partial charge in [0, 0.05) is 23.6 Å². The number of fused-ring (bicyclic) bond motifs is 1. The Hall–Kier alpha value is -3.42. The number of anilines is 1. The number of nitrogens with zero attached hydrogens (tertiary/aromatic N) is 2. The molecule has 30 heavy (non-hydrogen) atoms. The fraction of sp³-hybridized carbons (Fsp3) is 0.0455. The molecule has 0 saturated heterocycles. The van der Waals surface area contributed by atoms with Crippen molar-refractivity contribution in [3.63, 3.8) is 0 Å². The Balaban J connectivity index is 1.32. The molecule has 0 aliphatic carbocycles. The number of pyridine rings is 1. The first-order valence-corrected chi connectivity index (χ1v) is 9.89. The minimum absolute atomic E-state index is 0.184. The van der Waals surface area contributed by atoms with Crippen molar-refractivity contribution < 1.29 is 9.53 Å². The van der Waals surface area contributed by atoms with Crippen LogP contribution in [0.15, 0.2) is 79.1 Å². The lowest BCUT2D eigenvalue weighted by Gasteiger charge is -2.11. The summed E-state index contributed by atoms with van der Waals surface area (Å²) < 4.78 is 7.37. The molecule has 0 unspecified atom stereocenters. The van der Waals surface area contributed by atoms with Crippen molar-refractivity contribution in [2.75, 3.05) is 11.9 Å². The number of benzene rings is 2.